The molecule has 2 heterocycles. The third kappa shape index (κ3) is 4.60. The number of methoxy groups -OCH3 is 1. The Labute approximate surface area is 200 Å². The van der Waals surface area contributed by atoms with Crippen molar-refractivity contribution in [3.05, 3.63) is 87.9 Å². The molecule has 2 aromatic carbocycles. The number of amides is 1. The lowest BCUT2D eigenvalue weighted by atomic mass is 9.95. The molecular formula is C24H21Cl2N3O4. The summed E-state index contributed by atoms with van der Waals surface area (Å²) in [6.07, 6.45) is 5.79. The van der Waals surface area contributed by atoms with Crippen LogP contribution in [0.5, 0.6) is 5.75 Å². The molecule has 4 rings (SSSR count). The smallest absolute Gasteiger partial charge is 0.295 e. The molecule has 1 saturated heterocycles. The first-order valence-electron chi connectivity index (χ1n) is 10.2. The van der Waals surface area contributed by atoms with Gasteiger partial charge >= 0.3 is 0 Å². The van der Waals surface area contributed by atoms with E-state index in [1.165, 1.54) is 18.1 Å². The highest BCUT2D eigenvalue weighted by atomic mass is 35.5. The van der Waals surface area contributed by atoms with E-state index in [2.05, 4.69) is 4.98 Å². The van der Waals surface area contributed by atoms with E-state index in [1.807, 2.05) is 10.8 Å². The molecule has 1 atom stereocenters. The van der Waals surface area contributed by atoms with Crippen molar-refractivity contribution in [2.24, 2.45) is 0 Å². The maximum absolute atomic E-state index is 13.1. The van der Waals surface area contributed by atoms with Gasteiger partial charge in [-0.2, -0.15) is 0 Å². The van der Waals surface area contributed by atoms with Gasteiger partial charge in [0.05, 0.1) is 30.1 Å². The van der Waals surface area contributed by atoms with E-state index in [0.717, 1.165) is 0 Å². The quantitative estimate of drug-likeness (QED) is 0.297. The van der Waals surface area contributed by atoms with E-state index in [1.54, 1.807) is 48.9 Å². The Bertz CT molecular complexity index is 1220. The number of carbonyl (C=O) groups is 2. The molecule has 1 aliphatic heterocycles. The molecule has 1 amide bonds. The summed E-state index contributed by atoms with van der Waals surface area (Å²) in [5.74, 6) is -1.31. The van der Waals surface area contributed by atoms with E-state index < -0.39 is 17.7 Å². The van der Waals surface area contributed by atoms with E-state index in [4.69, 9.17) is 27.9 Å². The van der Waals surface area contributed by atoms with Crippen LogP contribution < -0.4 is 4.74 Å². The summed E-state index contributed by atoms with van der Waals surface area (Å²) in [6, 6.07) is 10.8. The van der Waals surface area contributed by atoms with Gasteiger partial charge in [0.1, 0.15) is 11.5 Å². The number of hydrogen-bond donors (Lipinski definition) is 1. The van der Waals surface area contributed by atoms with Crippen LogP contribution in [0.1, 0.15) is 23.6 Å². The number of ketones is 1. The number of aryl methyl sites for hydroxylation is 1. The van der Waals surface area contributed by atoms with Crippen LogP contribution in [0.15, 0.2) is 66.8 Å². The monoisotopic (exact) mass is 485 g/mol. The third-order valence-electron chi connectivity index (χ3n) is 5.50. The molecule has 0 aliphatic carbocycles. The summed E-state index contributed by atoms with van der Waals surface area (Å²) in [5, 5.41) is 11.9. The first-order valence-corrected chi connectivity index (χ1v) is 11.0. The molecule has 1 aliphatic rings. The fourth-order valence-corrected chi connectivity index (χ4v) is 4.40. The van der Waals surface area contributed by atoms with Gasteiger partial charge in [-0.05, 0) is 42.3 Å². The van der Waals surface area contributed by atoms with Crippen molar-refractivity contribution in [2.75, 3.05) is 13.7 Å². The van der Waals surface area contributed by atoms with E-state index >= 15 is 0 Å². The third-order valence-corrected chi connectivity index (χ3v) is 6.03. The summed E-state index contributed by atoms with van der Waals surface area (Å²) in [5.41, 5.74) is 0.931. The second kappa shape index (κ2) is 9.68. The van der Waals surface area contributed by atoms with Crippen LogP contribution in [0.2, 0.25) is 10.0 Å². The summed E-state index contributed by atoms with van der Waals surface area (Å²) < 4.78 is 7.05. The molecule has 0 saturated carbocycles. The molecular weight excluding hydrogens is 465 g/mol. The van der Waals surface area contributed by atoms with Gasteiger partial charge in [-0.3, -0.25) is 9.59 Å². The Kier molecular flexibility index (Phi) is 6.72. The zero-order chi connectivity index (χ0) is 23.5. The first-order chi connectivity index (χ1) is 15.9. The zero-order valence-electron chi connectivity index (χ0n) is 17.7. The molecule has 0 spiro atoms. The Morgan fingerprint density at radius 2 is 1.97 bits per heavy atom. The standard InChI is InChI=1S/C24H21Cl2N3O4/c1-33-19-7-6-16(13-18(19)26)22(30)20-21(15-4-2-5-17(25)12-15)29(24(32)23(20)31)10-3-9-28-11-8-27-14-28/h2,4-8,11-14,21,30H,3,9-10H2,1H3/t21-/m1/s1. The van der Waals surface area contributed by atoms with Crippen LogP contribution in [-0.2, 0) is 16.1 Å². The predicted octanol–water partition coefficient (Wildman–Crippen LogP) is 4.71. The maximum Gasteiger partial charge on any atom is 0.295 e. The number of halogens is 2. The second-order valence-corrected chi connectivity index (χ2v) is 8.39. The number of aromatic nitrogens is 2. The van der Waals surface area contributed by atoms with E-state index in [0.29, 0.717) is 41.4 Å². The number of hydrogen-bond acceptors (Lipinski definition) is 5. The number of aliphatic hydroxyl groups excluding tert-OH is 1. The van der Waals surface area contributed by atoms with Crippen molar-refractivity contribution >= 4 is 40.7 Å². The Hall–Kier alpha value is -3.29. The molecule has 9 heteroatoms. The first kappa shape index (κ1) is 22.9. The molecule has 0 bridgehead atoms. The minimum Gasteiger partial charge on any atom is -0.507 e. The molecule has 1 N–H and O–H groups in total. The number of imidazole rings is 1. The lowest BCUT2D eigenvalue weighted by molar-refractivity contribution is -0.139. The number of benzene rings is 2. The number of ether oxygens (including phenoxy) is 1. The van der Waals surface area contributed by atoms with Crippen LogP contribution in [0, 0.1) is 0 Å². The molecule has 170 valence electrons. The number of rotatable bonds is 7. The van der Waals surface area contributed by atoms with Crippen molar-refractivity contribution in [2.45, 2.75) is 19.0 Å². The van der Waals surface area contributed by atoms with Gasteiger partial charge in [0.25, 0.3) is 11.7 Å². The summed E-state index contributed by atoms with van der Waals surface area (Å²) in [7, 11) is 1.48. The molecule has 33 heavy (non-hydrogen) atoms. The highest BCUT2D eigenvalue weighted by Gasteiger charge is 2.45. The van der Waals surface area contributed by atoms with Crippen molar-refractivity contribution in [1.29, 1.82) is 0 Å². The number of aliphatic hydroxyl groups is 1. The predicted molar refractivity (Wildman–Crippen MR) is 125 cm³/mol. The average molecular weight is 486 g/mol. The van der Waals surface area contributed by atoms with Crippen LogP contribution in [0.4, 0.5) is 0 Å². The average Bonchev–Trinajstić information content (AvgIpc) is 3.41. The van der Waals surface area contributed by atoms with E-state index in [9.17, 15) is 14.7 Å². The Balaban J connectivity index is 1.75. The van der Waals surface area contributed by atoms with Crippen LogP contribution in [0.25, 0.3) is 5.76 Å². The SMILES string of the molecule is COc1ccc(C(O)=C2C(=O)C(=O)N(CCCn3ccnc3)[C@@H]2c2cccc(Cl)c2)cc1Cl. The van der Waals surface area contributed by atoms with Gasteiger partial charge in [-0.1, -0.05) is 35.3 Å². The number of nitrogens with zero attached hydrogens (tertiary/aromatic N) is 3. The van der Waals surface area contributed by atoms with Crippen LogP contribution in [-0.4, -0.2) is 44.9 Å². The fraction of sp³-hybridized carbons (Fsp3) is 0.208. The molecule has 0 unspecified atom stereocenters. The topological polar surface area (TPSA) is 84.7 Å². The fourth-order valence-electron chi connectivity index (χ4n) is 3.95. The lowest BCUT2D eigenvalue weighted by Crippen LogP contribution is -2.31. The van der Waals surface area contributed by atoms with Gasteiger partial charge in [-0.15, -0.1) is 0 Å². The van der Waals surface area contributed by atoms with Gasteiger partial charge in [0, 0.05) is 36.1 Å². The summed E-state index contributed by atoms with van der Waals surface area (Å²) in [4.78, 5) is 31.6. The van der Waals surface area contributed by atoms with Gasteiger partial charge in [0.2, 0.25) is 0 Å². The molecule has 7 nitrogen and oxygen atoms in total. The largest absolute Gasteiger partial charge is 0.507 e. The minimum atomic E-state index is -0.785. The van der Waals surface area contributed by atoms with Crippen molar-refractivity contribution in [3.63, 3.8) is 0 Å². The van der Waals surface area contributed by atoms with E-state index in [-0.39, 0.29) is 16.4 Å². The number of carbonyl (C=O) groups excluding carboxylic acids is 2. The summed E-state index contributed by atoms with van der Waals surface area (Å²) >= 11 is 12.4. The van der Waals surface area contributed by atoms with Gasteiger partial charge in [-0.25, -0.2) is 4.98 Å². The Morgan fingerprint density at radius 3 is 2.64 bits per heavy atom. The number of likely N-dealkylation sites (tertiary alicyclic amines) is 1. The highest BCUT2D eigenvalue weighted by Crippen LogP contribution is 2.40. The highest BCUT2D eigenvalue weighted by molar-refractivity contribution is 6.46. The Morgan fingerprint density at radius 1 is 1.15 bits per heavy atom. The second-order valence-electron chi connectivity index (χ2n) is 7.55. The molecule has 1 aromatic heterocycles. The minimum absolute atomic E-state index is 0.00821. The van der Waals surface area contributed by atoms with Gasteiger partial charge in [0.15, 0.2) is 0 Å². The molecule has 0 radical (unpaired) electrons. The van der Waals surface area contributed by atoms with Crippen molar-refractivity contribution in [1.82, 2.24) is 14.5 Å². The molecule has 3 aromatic rings. The number of Topliss-reactive ketones (excluding diaryl/α,β-unsaturated/α-hetero) is 1. The maximum atomic E-state index is 13.1. The normalized spacial score (nSPS) is 17.5. The summed E-state index contributed by atoms with van der Waals surface area (Å²) in [6.45, 7) is 0.930. The lowest BCUT2D eigenvalue weighted by Gasteiger charge is -2.25. The van der Waals surface area contributed by atoms with Gasteiger partial charge < -0.3 is 19.3 Å². The van der Waals surface area contributed by atoms with Crippen molar-refractivity contribution < 1.29 is 19.4 Å². The van der Waals surface area contributed by atoms with Crippen LogP contribution in [0.3, 0.4) is 0 Å². The zero-order valence-corrected chi connectivity index (χ0v) is 19.3. The molecule has 1 fully saturated rings. The van der Waals surface area contributed by atoms with Crippen molar-refractivity contribution in [3.8, 4) is 5.75 Å². The van der Waals surface area contributed by atoms with Crippen LogP contribution >= 0.6 is 23.2 Å².